The lowest BCUT2D eigenvalue weighted by Gasteiger charge is -1.81. The summed E-state index contributed by atoms with van der Waals surface area (Å²) in [6.07, 6.45) is 12.6. The summed E-state index contributed by atoms with van der Waals surface area (Å²) in [6.45, 7) is 11.4. The standard InChI is InChI=1S/C6H12.C6H10/c2*1-3-5-6-4-2/h3H,1,4-6H2,2H3;3,5-6H,1,4H2,2H3. The van der Waals surface area contributed by atoms with Crippen molar-refractivity contribution in [3.8, 4) is 0 Å². The molecule has 0 radical (unpaired) electrons. The van der Waals surface area contributed by atoms with E-state index >= 15 is 0 Å². The lowest BCUT2D eigenvalue weighted by Crippen LogP contribution is -1.61. The van der Waals surface area contributed by atoms with Crippen LogP contribution >= 0.6 is 0 Å². The normalized spacial score (nSPS) is 8.83. The van der Waals surface area contributed by atoms with E-state index in [9.17, 15) is 0 Å². The van der Waals surface area contributed by atoms with E-state index in [1.807, 2.05) is 12.2 Å². The van der Waals surface area contributed by atoms with Crippen LogP contribution in [-0.2, 0) is 0 Å². The van der Waals surface area contributed by atoms with Gasteiger partial charge >= 0.3 is 0 Å². The number of rotatable bonds is 5. The maximum absolute atomic E-state index is 3.60. The van der Waals surface area contributed by atoms with E-state index in [4.69, 9.17) is 0 Å². The fourth-order valence-corrected chi connectivity index (χ4v) is 0.581. The lowest BCUT2D eigenvalue weighted by atomic mass is 10.3. The van der Waals surface area contributed by atoms with Crippen LogP contribution in [0.4, 0.5) is 0 Å². The highest BCUT2D eigenvalue weighted by Crippen LogP contribution is 1.91. The fourth-order valence-electron chi connectivity index (χ4n) is 0.581. The third-order valence-electron chi connectivity index (χ3n) is 1.27. The number of allylic oxidation sites excluding steroid dienone is 4. The zero-order valence-electron chi connectivity index (χ0n) is 8.55. The van der Waals surface area contributed by atoms with Crippen LogP contribution in [0.5, 0.6) is 0 Å². The Hall–Kier alpha value is -0.780. The van der Waals surface area contributed by atoms with Gasteiger partial charge in [0.1, 0.15) is 0 Å². The van der Waals surface area contributed by atoms with Crippen molar-refractivity contribution < 1.29 is 0 Å². The van der Waals surface area contributed by atoms with Gasteiger partial charge in [-0.1, -0.05) is 57.6 Å². The van der Waals surface area contributed by atoms with Crippen LogP contribution in [0.3, 0.4) is 0 Å². The summed E-state index contributed by atoms with van der Waals surface area (Å²) in [5.41, 5.74) is 0. The van der Waals surface area contributed by atoms with E-state index in [0.717, 1.165) is 6.42 Å². The third kappa shape index (κ3) is 22.9. The minimum atomic E-state index is 1.10. The van der Waals surface area contributed by atoms with Gasteiger partial charge in [0.15, 0.2) is 0 Å². The second-order valence-electron chi connectivity index (χ2n) is 2.50. The highest BCUT2D eigenvalue weighted by molar-refractivity contribution is 4.96. The molecule has 0 heteroatoms. The summed E-state index contributed by atoms with van der Waals surface area (Å²) in [6, 6.07) is 0. The van der Waals surface area contributed by atoms with Gasteiger partial charge in [0.25, 0.3) is 0 Å². The molecule has 0 amide bonds. The smallest absolute Gasteiger partial charge is 0.0354 e. The van der Waals surface area contributed by atoms with Gasteiger partial charge in [-0.05, 0) is 12.8 Å². The van der Waals surface area contributed by atoms with Gasteiger partial charge in [0.2, 0.25) is 0 Å². The molecule has 0 atom stereocenters. The van der Waals surface area contributed by atoms with Crippen LogP contribution in [0.25, 0.3) is 0 Å². The zero-order valence-corrected chi connectivity index (χ0v) is 8.55. The molecule has 0 bridgehead atoms. The summed E-state index contributed by atoms with van der Waals surface area (Å²) in [4.78, 5) is 0. The van der Waals surface area contributed by atoms with Gasteiger partial charge in [-0.2, -0.15) is 0 Å². The topological polar surface area (TPSA) is 0 Å². The first kappa shape index (κ1) is 13.8. The van der Waals surface area contributed by atoms with E-state index in [2.05, 4.69) is 33.1 Å². The summed E-state index contributed by atoms with van der Waals surface area (Å²) in [5.74, 6) is 0. The molecule has 0 nitrogen and oxygen atoms in total. The molecular formula is C12H22. The molecule has 0 saturated carbocycles. The molecule has 0 spiro atoms. The van der Waals surface area contributed by atoms with Gasteiger partial charge in [-0.15, -0.1) is 6.58 Å². The first-order valence-corrected chi connectivity index (χ1v) is 4.71. The Morgan fingerprint density at radius 1 is 1.17 bits per heavy atom. The van der Waals surface area contributed by atoms with Crippen LogP contribution in [0.2, 0.25) is 0 Å². The lowest BCUT2D eigenvalue weighted by molar-refractivity contribution is 0.816. The Morgan fingerprint density at radius 2 is 1.83 bits per heavy atom. The van der Waals surface area contributed by atoms with Crippen molar-refractivity contribution in [2.45, 2.75) is 39.5 Å². The van der Waals surface area contributed by atoms with Crippen molar-refractivity contribution in [3.05, 3.63) is 37.5 Å². The maximum Gasteiger partial charge on any atom is -0.0354 e. The summed E-state index contributed by atoms with van der Waals surface area (Å²) in [5, 5.41) is 0. The minimum Gasteiger partial charge on any atom is -0.103 e. The number of unbranched alkanes of at least 4 members (excludes halogenated alkanes) is 2. The van der Waals surface area contributed by atoms with E-state index in [1.54, 1.807) is 6.08 Å². The molecule has 0 aliphatic carbocycles. The molecule has 0 aromatic rings. The molecule has 12 heavy (non-hydrogen) atoms. The molecule has 70 valence electrons. The average Bonchev–Trinajstić information content (AvgIpc) is 2.12. The molecule has 0 aromatic carbocycles. The molecular weight excluding hydrogens is 144 g/mol. The van der Waals surface area contributed by atoms with Crippen molar-refractivity contribution in [1.29, 1.82) is 0 Å². The largest absolute Gasteiger partial charge is 0.103 e. The van der Waals surface area contributed by atoms with Crippen molar-refractivity contribution in [1.82, 2.24) is 0 Å². The summed E-state index contributed by atoms with van der Waals surface area (Å²) in [7, 11) is 0. The quantitative estimate of drug-likeness (QED) is 0.320. The molecule has 0 saturated heterocycles. The summed E-state index contributed by atoms with van der Waals surface area (Å²) < 4.78 is 0. The maximum atomic E-state index is 3.60. The molecule has 0 fully saturated rings. The predicted octanol–water partition coefficient (Wildman–Crippen LogP) is 4.50. The number of hydrogen-bond donors (Lipinski definition) is 0. The first-order valence-electron chi connectivity index (χ1n) is 4.71. The molecule has 0 unspecified atom stereocenters. The second kappa shape index (κ2) is 16.7. The second-order valence-corrected chi connectivity index (χ2v) is 2.50. The van der Waals surface area contributed by atoms with Crippen LogP contribution in [-0.4, -0.2) is 0 Å². The summed E-state index contributed by atoms with van der Waals surface area (Å²) >= 11 is 0. The molecule has 0 rings (SSSR count). The zero-order chi connectivity index (χ0) is 9.66. The molecule has 0 aliphatic heterocycles. The molecule has 0 heterocycles. The van der Waals surface area contributed by atoms with Crippen LogP contribution in [0, 0.1) is 0 Å². The highest BCUT2D eigenvalue weighted by Gasteiger charge is 1.71. The van der Waals surface area contributed by atoms with Crippen LogP contribution in [0.15, 0.2) is 37.5 Å². The van der Waals surface area contributed by atoms with Crippen molar-refractivity contribution >= 4 is 0 Å². The molecule has 0 aliphatic rings. The van der Waals surface area contributed by atoms with Crippen LogP contribution < -0.4 is 0 Å². The molecule has 0 N–H and O–H groups in total. The Labute approximate surface area is 77.7 Å². The van der Waals surface area contributed by atoms with Crippen molar-refractivity contribution in [3.63, 3.8) is 0 Å². The highest BCUT2D eigenvalue weighted by atomic mass is 13.8. The van der Waals surface area contributed by atoms with E-state index in [-0.39, 0.29) is 0 Å². The van der Waals surface area contributed by atoms with Crippen LogP contribution in [0.1, 0.15) is 39.5 Å². The Balaban J connectivity index is 0. The fraction of sp³-hybridized carbons (Fsp3) is 0.500. The predicted molar refractivity (Wildman–Crippen MR) is 59.4 cm³/mol. The number of hydrogen-bond acceptors (Lipinski definition) is 0. The Bertz CT molecular complexity index is 109. The van der Waals surface area contributed by atoms with Crippen molar-refractivity contribution in [2.75, 3.05) is 0 Å². The van der Waals surface area contributed by atoms with E-state index in [1.165, 1.54) is 19.3 Å². The van der Waals surface area contributed by atoms with Gasteiger partial charge in [0, 0.05) is 0 Å². The first-order chi connectivity index (χ1) is 5.83. The van der Waals surface area contributed by atoms with Gasteiger partial charge in [-0.25, -0.2) is 0 Å². The average molecular weight is 166 g/mol. The Morgan fingerprint density at radius 3 is 2.00 bits per heavy atom. The molecule has 0 aromatic heterocycles. The minimum absolute atomic E-state index is 1.10. The van der Waals surface area contributed by atoms with Gasteiger partial charge < -0.3 is 0 Å². The van der Waals surface area contributed by atoms with E-state index < -0.39 is 0 Å². The van der Waals surface area contributed by atoms with Gasteiger partial charge in [-0.3, -0.25) is 0 Å². The third-order valence-corrected chi connectivity index (χ3v) is 1.27. The SMILES string of the molecule is C=CC=CCC.C=CCCCC. The van der Waals surface area contributed by atoms with E-state index in [0.29, 0.717) is 0 Å². The Kier molecular flexibility index (Phi) is 19.1. The van der Waals surface area contributed by atoms with Gasteiger partial charge in [0.05, 0.1) is 0 Å². The van der Waals surface area contributed by atoms with Crippen molar-refractivity contribution in [2.24, 2.45) is 0 Å². The monoisotopic (exact) mass is 166 g/mol.